The van der Waals surface area contributed by atoms with Crippen LogP contribution < -0.4 is 5.32 Å². The lowest BCUT2D eigenvalue weighted by molar-refractivity contribution is -0.138. The van der Waals surface area contributed by atoms with Gasteiger partial charge in [-0.15, -0.1) is 10.2 Å². The molecule has 1 rings (SSSR count). The van der Waals surface area contributed by atoms with Crippen LogP contribution in [0, 0.1) is 0 Å². The fourth-order valence-electron chi connectivity index (χ4n) is 0.972. The molecule has 0 aliphatic rings. The molecule has 1 aromatic heterocycles. The fourth-order valence-corrected chi connectivity index (χ4v) is 1.71. The molecule has 15 heavy (non-hydrogen) atoms. The Hall–Kier alpha value is -0.690. The summed E-state index contributed by atoms with van der Waals surface area (Å²) in [5, 5.41) is 9.18. The number of aromatic nitrogens is 2. The zero-order valence-corrected chi connectivity index (χ0v) is 9.24. The summed E-state index contributed by atoms with van der Waals surface area (Å²) < 4.78 is 36.6. The van der Waals surface area contributed by atoms with Crippen LogP contribution in [0.25, 0.3) is 0 Å². The summed E-state index contributed by atoms with van der Waals surface area (Å²) >= 11 is 0.589. The van der Waals surface area contributed by atoms with Gasteiger partial charge >= 0.3 is 6.18 Å². The highest BCUT2D eigenvalue weighted by Crippen LogP contribution is 2.32. The van der Waals surface area contributed by atoms with Gasteiger partial charge in [-0.1, -0.05) is 18.3 Å². The number of rotatable bonds is 4. The molecule has 1 unspecified atom stereocenters. The van der Waals surface area contributed by atoms with E-state index in [0.29, 0.717) is 16.3 Å². The molecule has 3 nitrogen and oxygen atoms in total. The Morgan fingerprint density at radius 2 is 2.07 bits per heavy atom. The standard InChI is InChI=1S/C8H12F3N3S/c1-3-4-12-5(2)6-13-14-7(15-6)8(9,10)11/h5,12H,3-4H2,1-2H3. The van der Waals surface area contributed by atoms with Crippen LogP contribution >= 0.6 is 11.3 Å². The van der Waals surface area contributed by atoms with Crippen molar-refractivity contribution in [2.45, 2.75) is 32.5 Å². The lowest BCUT2D eigenvalue weighted by atomic mass is 10.3. The van der Waals surface area contributed by atoms with Gasteiger partial charge in [0.1, 0.15) is 5.01 Å². The number of halogens is 3. The normalized spacial score (nSPS) is 14.2. The predicted molar refractivity (Wildman–Crippen MR) is 51.6 cm³/mol. The number of nitrogens with zero attached hydrogens (tertiary/aromatic N) is 2. The van der Waals surface area contributed by atoms with Gasteiger partial charge < -0.3 is 5.32 Å². The van der Waals surface area contributed by atoms with Crippen LogP contribution in [0.2, 0.25) is 0 Å². The molecule has 86 valence electrons. The summed E-state index contributed by atoms with van der Waals surface area (Å²) in [6.45, 7) is 4.51. The molecule has 0 spiro atoms. The zero-order valence-electron chi connectivity index (χ0n) is 8.43. The van der Waals surface area contributed by atoms with Crippen molar-refractivity contribution in [2.75, 3.05) is 6.54 Å². The first-order valence-electron chi connectivity index (χ1n) is 4.59. The van der Waals surface area contributed by atoms with Crippen LogP contribution in [0.15, 0.2) is 0 Å². The highest BCUT2D eigenvalue weighted by Gasteiger charge is 2.36. The van der Waals surface area contributed by atoms with Crippen LogP contribution in [0.3, 0.4) is 0 Å². The van der Waals surface area contributed by atoms with Crippen molar-refractivity contribution in [3.05, 3.63) is 10.0 Å². The Bertz CT molecular complexity index is 310. The predicted octanol–water partition coefficient (Wildman–Crippen LogP) is 2.62. The molecule has 7 heteroatoms. The second-order valence-corrected chi connectivity index (χ2v) is 4.13. The van der Waals surface area contributed by atoms with Gasteiger partial charge in [0.2, 0.25) is 5.01 Å². The molecule has 0 saturated carbocycles. The highest BCUT2D eigenvalue weighted by atomic mass is 32.1. The molecule has 0 saturated heterocycles. The van der Waals surface area contributed by atoms with Gasteiger partial charge in [0, 0.05) is 0 Å². The summed E-state index contributed by atoms with van der Waals surface area (Å²) in [5.74, 6) is 0. The third kappa shape index (κ3) is 3.42. The quantitative estimate of drug-likeness (QED) is 0.877. The van der Waals surface area contributed by atoms with E-state index in [1.165, 1.54) is 0 Å². The Morgan fingerprint density at radius 3 is 2.53 bits per heavy atom. The molecule has 1 aromatic rings. The van der Waals surface area contributed by atoms with E-state index in [4.69, 9.17) is 0 Å². The molecule has 1 N–H and O–H groups in total. The summed E-state index contributed by atoms with van der Waals surface area (Å²) in [5.41, 5.74) is 0. The monoisotopic (exact) mass is 239 g/mol. The molecular weight excluding hydrogens is 227 g/mol. The second-order valence-electron chi connectivity index (χ2n) is 3.12. The van der Waals surface area contributed by atoms with Gasteiger partial charge in [0.05, 0.1) is 6.04 Å². The van der Waals surface area contributed by atoms with Crippen molar-refractivity contribution in [2.24, 2.45) is 0 Å². The summed E-state index contributed by atoms with van der Waals surface area (Å²) in [6.07, 6.45) is -3.46. The molecule has 0 aliphatic carbocycles. The minimum Gasteiger partial charge on any atom is -0.308 e. The average molecular weight is 239 g/mol. The summed E-state index contributed by atoms with van der Waals surface area (Å²) in [4.78, 5) is 0. The number of hydrogen-bond acceptors (Lipinski definition) is 4. The van der Waals surface area contributed by atoms with E-state index in [1.807, 2.05) is 6.92 Å². The van der Waals surface area contributed by atoms with Crippen molar-refractivity contribution >= 4 is 11.3 Å². The molecule has 0 bridgehead atoms. The highest BCUT2D eigenvalue weighted by molar-refractivity contribution is 7.11. The first-order valence-corrected chi connectivity index (χ1v) is 5.40. The van der Waals surface area contributed by atoms with Crippen LogP contribution in [0.5, 0.6) is 0 Å². The smallest absolute Gasteiger partial charge is 0.308 e. The van der Waals surface area contributed by atoms with Crippen LogP contribution in [0.4, 0.5) is 13.2 Å². The van der Waals surface area contributed by atoms with E-state index in [2.05, 4.69) is 15.5 Å². The van der Waals surface area contributed by atoms with Gasteiger partial charge in [-0.3, -0.25) is 0 Å². The van der Waals surface area contributed by atoms with Crippen LogP contribution in [-0.2, 0) is 6.18 Å². The van der Waals surface area contributed by atoms with Gasteiger partial charge in [-0.2, -0.15) is 13.2 Å². The van der Waals surface area contributed by atoms with E-state index >= 15 is 0 Å². The van der Waals surface area contributed by atoms with E-state index in [0.717, 1.165) is 13.0 Å². The molecule has 0 aromatic carbocycles. The van der Waals surface area contributed by atoms with Crippen molar-refractivity contribution < 1.29 is 13.2 Å². The van der Waals surface area contributed by atoms with Crippen LogP contribution in [0.1, 0.15) is 36.3 Å². The molecule has 0 aliphatic heterocycles. The van der Waals surface area contributed by atoms with E-state index in [-0.39, 0.29) is 6.04 Å². The van der Waals surface area contributed by atoms with Gasteiger partial charge in [-0.05, 0) is 19.9 Å². The Balaban J connectivity index is 2.67. The van der Waals surface area contributed by atoms with Gasteiger partial charge in [0.25, 0.3) is 0 Å². The topological polar surface area (TPSA) is 37.8 Å². The molecule has 0 amide bonds. The van der Waals surface area contributed by atoms with Crippen molar-refractivity contribution in [3.63, 3.8) is 0 Å². The van der Waals surface area contributed by atoms with Crippen molar-refractivity contribution in [1.82, 2.24) is 15.5 Å². The molecule has 0 fully saturated rings. The SMILES string of the molecule is CCCNC(C)c1nnc(C(F)(F)F)s1. The number of hydrogen-bond donors (Lipinski definition) is 1. The maximum Gasteiger partial charge on any atom is 0.445 e. The largest absolute Gasteiger partial charge is 0.445 e. The van der Waals surface area contributed by atoms with Crippen molar-refractivity contribution in [3.8, 4) is 0 Å². The lowest BCUT2D eigenvalue weighted by Gasteiger charge is -2.08. The Labute approximate surface area is 89.7 Å². The molecule has 0 radical (unpaired) electrons. The number of alkyl halides is 3. The summed E-state index contributed by atoms with van der Waals surface area (Å²) in [7, 11) is 0. The minimum atomic E-state index is -4.39. The van der Waals surface area contributed by atoms with Crippen LogP contribution in [-0.4, -0.2) is 16.7 Å². The van der Waals surface area contributed by atoms with Gasteiger partial charge in [-0.25, -0.2) is 0 Å². The van der Waals surface area contributed by atoms with E-state index in [1.54, 1.807) is 6.92 Å². The van der Waals surface area contributed by atoms with Crippen molar-refractivity contribution in [1.29, 1.82) is 0 Å². The number of nitrogens with one attached hydrogen (secondary N) is 1. The van der Waals surface area contributed by atoms with E-state index in [9.17, 15) is 13.2 Å². The minimum absolute atomic E-state index is 0.182. The third-order valence-electron chi connectivity index (χ3n) is 1.75. The first kappa shape index (κ1) is 12.4. The Kier molecular flexibility index (Phi) is 4.04. The summed E-state index contributed by atoms with van der Waals surface area (Å²) in [6, 6.07) is -0.182. The zero-order chi connectivity index (χ0) is 11.5. The first-order chi connectivity index (χ1) is 6.95. The second kappa shape index (κ2) is 4.89. The lowest BCUT2D eigenvalue weighted by Crippen LogP contribution is -2.19. The maximum atomic E-state index is 12.2. The average Bonchev–Trinajstić information content (AvgIpc) is 2.62. The Morgan fingerprint density at radius 1 is 1.40 bits per heavy atom. The maximum absolute atomic E-state index is 12.2. The third-order valence-corrected chi connectivity index (χ3v) is 2.90. The van der Waals surface area contributed by atoms with Gasteiger partial charge in [0.15, 0.2) is 0 Å². The van der Waals surface area contributed by atoms with E-state index < -0.39 is 11.2 Å². The molecule has 1 heterocycles. The molecular formula is C8H12F3N3S. The fraction of sp³-hybridized carbons (Fsp3) is 0.750. The molecule has 1 atom stereocenters.